The molecule has 0 aliphatic rings. The summed E-state index contributed by atoms with van der Waals surface area (Å²) in [6.07, 6.45) is 5.18. The van der Waals surface area contributed by atoms with Crippen molar-refractivity contribution in [3.63, 3.8) is 0 Å². The van der Waals surface area contributed by atoms with Gasteiger partial charge in [-0.05, 0) is 6.42 Å². The van der Waals surface area contributed by atoms with E-state index in [1.165, 1.54) is 0 Å². The molecule has 1 heterocycles. The van der Waals surface area contributed by atoms with Crippen LogP contribution >= 0.6 is 0 Å². The van der Waals surface area contributed by atoms with Gasteiger partial charge in [0.2, 0.25) is 0 Å². The summed E-state index contributed by atoms with van der Waals surface area (Å²) in [6.45, 7) is 3.54. The van der Waals surface area contributed by atoms with Crippen molar-refractivity contribution in [1.82, 2.24) is 9.55 Å². The number of aliphatic hydroxyl groups excluding tert-OH is 1. The Morgan fingerprint density at radius 1 is 1.91 bits per heavy atom. The van der Waals surface area contributed by atoms with Gasteiger partial charge < -0.3 is 9.67 Å². The van der Waals surface area contributed by atoms with Crippen LogP contribution < -0.4 is 0 Å². The summed E-state index contributed by atoms with van der Waals surface area (Å²) in [5, 5.41) is 9.44. The van der Waals surface area contributed by atoms with Crippen molar-refractivity contribution in [3.8, 4) is 0 Å². The lowest BCUT2D eigenvalue weighted by molar-refractivity contribution is 0.168. The molecule has 0 aliphatic heterocycles. The van der Waals surface area contributed by atoms with Crippen LogP contribution in [0.1, 0.15) is 18.3 Å². The lowest BCUT2D eigenvalue weighted by Gasteiger charge is -2.06. The van der Waals surface area contributed by atoms with Crippen LogP contribution in [0.5, 0.6) is 0 Å². The van der Waals surface area contributed by atoms with Crippen LogP contribution in [0.15, 0.2) is 25.0 Å². The van der Waals surface area contributed by atoms with Crippen molar-refractivity contribution in [2.24, 2.45) is 7.05 Å². The van der Waals surface area contributed by atoms with Gasteiger partial charge in [-0.3, -0.25) is 0 Å². The van der Waals surface area contributed by atoms with Gasteiger partial charge >= 0.3 is 0 Å². The average Bonchev–Trinajstić information content (AvgIpc) is 2.36. The highest BCUT2D eigenvalue weighted by Crippen LogP contribution is 2.12. The van der Waals surface area contributed by atoms with E-state index in [2.05, 4.69) is 11.6 Å². The molecule has 0 radical (unpaired) electrons. The van der Waals surface area contributed by atoms with Gasteiger partial charge in [-0.25, -0.2) is 4.98 Å². The summed E-state index contributed by atoms with van der Waals surface area (Å²) in [4.78, 5) is 4.00. The second-order valence-corrected chi connectivity index (χ2v) is 2.44. The minimum atomic E-state index is -0.521. The van der Waals surface area contributed by atoms with E-state index < -0.39 is 6.10 Å². The Kier molecular flexibility index (Phi) is 2.44. The fraction of sp³-hybridized carbons (Fsp3) is 0.375. The molecule has 0 saturated carbocycles. The van der Waals surface area contributed by atoms with E-state index in [-0.39, 0.29) is 0 Å². The average molecular weight is 152 g/mol. The first-order valence-electron chi connectivity index (χ1n) is 3.52. The maximum atomic E-state index is 9.44. The summed E-state index contributed by atoms with van der Waals surface area (Å²) in [7, 11) is 1.86. The molecule has 0 saturated heterocycles. The highest BCUT2D eigenvalue weighted by atomic mass is 16.3. The zero-order valence-corrected chi connectivity index (χ0v) is 6.57. The number of rotatable bonds is 3. The molecule has 0 amide bonds. The Balaban J connectivity index is 2.74. The Bertz CT molecular complexity index is 242. The minimum absolute atomic E-state index is 0.521. The van der Waals surface area contributed by atoms with Crippen LogP contribution in [-0.2, 0) is 7.05 Å². The Labute approximate surface area is 66.0 Å². The number of aromatic nitrogens is 2. The fourth-order valence-corrected chi connectivity index (χ4v) is 0.962. The molecule has 0 spiro atoms. The molecule has 60 valence electrons. The molecule has 3 nitrogen and oxygen atoms in total. The minimum Gasteiger partial charge on any atom is -0.385 e. The second kappa shape index (κ2) is 3.34. The largest absolute Gasteiger partial charge is 0.385 e. The highest BCUT2D eigenvalue weighted by Gasteiger charge is 2.08. The number of imidazole rings is 1. The van der Waals surface area contributed by atoms with Crippen LogP contribution in [0.25, 0.3) is 0 Å². The maximum absolute atomic E-state index is 9.44. The molecule has 1 rings (SSSR count). The monoisotopic (exact) mass is 152 g/mol. The van der Waals surface area contributed by atoms with Crippen molar-refractivity contribution in [1.29, 1.82) is 0 Å². The van der Waals surface area contributed by atoms with Crippen LogP contribution in [0.4, 0.5) is 0 Å². The normalized spacial score (nSPS) is 12.9. The van der Waals surface area contributed by atoms with Gasteiger partial charge in [0.25, 0.3) is 0 Å². The molecule has 1 aromatic rings. The third-order valence-electron chi connectivity index (χ3n) is 1.55. The molecular weight excluding hydrogens is 140 g/mol. The Hall–Kier alpha value is -1.09. The Morgan fingerprint density at radius 3 is 3.09 bits per heavy atom. The first-order valence-corrected chi connectivity index (χ1v) is 3.52. The van der Waals surface area contributed by atoms with E-state index in [1.807, 2.05) is 13.2 Å². The number of nitrogens with zero attached hydrogens (tertiary/aromatic N) is 2. The highest BCUT2D eigenvalue weighted by molar-refractivity contribution is 4.97. The third-order valence-corrected chi connectivity index (χ3v) is 1.55. The summed E-state index contributed by atoms with van der Waals surface area (Å²) in [5.41, 5.74) is 0. The molecule has 3 heteroatoms. The van der Waals surface area contributed by atoms with E-state index in [1.54, 1.807) is 16.8 Å². The van der Waals surface area contributed by atoms with Crippen molar-refractivity contribution >= 4 is 0 Å². The quantitative estimate of drug-likeness (QED) is 0.657. The van der Waals surface area contributed by atoms with Crippen molar-refractivity contribution < 1.29 is 5.11 Å². The molecule has 0 bridgehead atoms. The van der Waals surface area contributed by atoms with E-state index in [0.717, 1.165) is 0 Å². The lowest BCUT2D eigenvalue weighted by Crippen LogP contribution is -2.03. The number of aryl methyl sites for hydroxylation is 1. The zero-order valence-electron chi connectivity index (χ0n) is 6.57. The topological polar surface area (TPSA) is 38.1 Å². The molecule has 11 heavy (non-hydrogen) atoms. The molecule has 0 aromatic carbocycles. The van der Waals surface area contributed by atoms with Crippen LogP contribution in [0, 0.1) is 0 Å². The Morgan fingerprint density at radius 2 is 2.64 bits per heavy atom. The standard InChI is InChI=1S/C8H12N2O/c1-3-4-7(11)8-9-5-6-10(8)2/h3,5-7,11H,1,4H2,2H3. The molecule has 0 fully saturated rings. The molecule has 0 aliphatic carbocycles. The molecule has 1 unspecified atom stereocenters. The van der Waals surface area contributed by atoms with Crippen LogP contribution in [-0.4, -0.2) is 14.7 Å². The third kappa shape index (κ3) is 1.68. The van der Waals surface area contributed by atoms with Crippen molar-refractivity contribution in [2.75, 3.05) is 0 Å². The summed E-state index contributed by atoms with van der Waals surface area (Å²) in [6, 6.07) is 0. The molecular formula is C8H12N2O. The smallest absolute Gasteiger partial charge is 0.137 e. The summed E-state index contributed by atoms with van der Waals surface area (Å²) < 4.78 is 1.80. The van der Waals surface area contributed by atoms with Gasteiger partial charge in [0.15, 0.2) is 0 Å². The SMILES string of the molecule is C=CCC(O)c1nccn1C. The van der Waals surface area contributed by atoms with Crippen LogP contribution in [0.3, 0.4) is 0 Å². The van der Waals surface area contributed by atoms with Gasteiger partial charge in [-0.15, -0.1) is 6.58 Å². The number of aliphatic hydroxyl groups is 1. The predicted molar refractivity (Wildman–Crippen MR) is 43.0 cm³/mol. The van der Waals surface area contributed by atoms with Gasteiger partial charge in [0.05, 0.1) is 0 Å². The zero-order chi connectivity index (χ0) is 8.27. The van der Waals surface area contributed by atoms with Crippen molar-refractivity contribution in [2.45, 2.75) is 12.5 Å². The number of hydrogen-bond acceptors (Lipinski definition) is 2. The predicted octanol–water partition coefficient (Wildman–Crippen LogP) is 1.03. The lowest BCUT2D eigenvalue weighted by atomic mass is 10.2. The van der Waals surface area contributed by atoms with Gasteiger partial charge in [-0.2, -0.15) is 0 Å². The second-order valence-electron chi connectivity index (χ2n) is 2.44. The summed E-state index contributed by atoms with van der Waals surface area (Å²) in [5.74, 6) is 0.685. The summed E-state index contributed by atoms with van der Waals surface area (Å²) >= 11 is 0. The van der Waals surface area contributed by atoms with Gasteiger partial charge in [-0.1, -0.05) is 6.08 Å². The van der Waals surface area contributed by atoms with E-state index >= 15 is 0 Å². The molecule has 1 atom stereocenters. The van der Waals surface area contributed by atoms with E-state index in [9.17, 15) is 5.11 Å². The van der Waals surface area contributed by atoms with Gasteiger partial charge in [0, 0.05) is 19.4 Å². The van der Waals surface area contributed by atoms with Crippen LogP contribution in [0.2, 0.25) is 0 Å². The first kappa shape index (κ1) is 8.01. The molecule has 1 N–H and O–H groups in total. The van der Waals surface area contributed by atoms with E-state index in [4.69, 9.17) is 0 Å². The fourth-order valence-electron chi connectivity index (χ4n) is 0.962. The number of hydrogen-bond donors (Lipinski definition) is 1. The maximum Gasteiger partial charge on any atom is 0.137 e. The van der Waals surface area contributed by atoms with Gasteiger partial charge in [0.1, 0.15) is 11.9 Å². The van der Waals surface area contributed by atoms with E-state index in [0.29, 0.717) is 12.2 Å². The van der Waals surface area contributed by atoms with Crippen molar-refractivity contribution in [3.05, 3.63) is 30.9 Å². The molecule has 1 aromatic heterocycles. The first-order chi connectivity index (χ1) is 5.25.